The van der Waals surface area contributed by atoms with E-state index in [-0.39, 0.29) is 28.0 Å². The molecule has 6 unspecified atom stereocenters. The lowest BCUT2D eigenvalue weighted by Crippen LogP contribution is -2.67. The van der Waals surface area contributed by atoms with E-state index in [0.29, 0.717) is 0 Å². The summed E-state index contributed by atoms with van der Waals surface area (Å²) >= 11 is 0. The van der Waals surface area contributed by atoms with Crippen molar-refractivity contribution in [3.63, 3.8) is 0 Å². The summed E-state index contributed by atoms with van der Waals surface area (Å²) in [5.74, 6) is -1.97. The number of phenols is 3. The number of rotatable bonds is 10. The number of aromatic hydroxyl groups is 3. The molecule has 1 aromatic heterocycles. The molecule has 6 rings (SSSR count). The lowest BCUT2D eigenvalue weighted by molar-refractivity contribution is -0.389. The van der Waals surface area contributed by atoms with Crippen LogP contribution in [0, 0.1) is 0 Å². The number of hydrogen-bond donors (Lipinski definition) is 13. The fourth-order valence-electron chi connectivity index (χ4n) is 6.36. The highest BCUT2D eigenvalue weighted by atomic mass is 16.8. The topological polar surface area (TPSA) is 349 Å². The zero-order valence-electron chi connectivity index (χ0n) is 27.8. The Bertz CT molecular complexity index is 1820. The molecule has 3 aliphatic heterocycles. The van der Waals surface area contributed by atoms with E-state index >= 15 is 0 Å². The molecule has 0 aliphatic carbocycles. The van der Waals surface area contributed by atoms with E-state index in [1.165, 1.54) is 6.07 Å². The van der Waals surface area contributed by atoms with Gasteiger partial charge in [-0.15, -0.1) is 0 Å². The van der Waals surface area contributed by atoms with Gasteiger partial charge in [0, 0.05) is 23.8 Å². The van der Waals surface area contributed by atoms with Crippen LogP contribution in [0.15, 0.2) is 45.6 Å². The summed E-state index contributed by atoms with van der Waals surface area (Å²) in [6.07, 6.45) is -27.4. The minimum atomic E-state index is -2.01. The van der Waals surface area contributed by atoms with Gasteiger partial charge in [-0.25, -0.2) is 0 Å². The van der Waals surface area contributed by atoms with Crippen molar-refractivity contribution in [3.05, 3.63) is 46.6 Å². The molecule has 54 heavy (non-hydrogen) atoms. The van der Waals surface area contributed by atoms with Gasteiger partial charge in [0.15, 0.2) is 35.6 Å². The van der Waals surface area contributed by atoms with Crippen LogP contribution in [0.4, 0.5) is 0 Å². The van der Waals surface area contributed by atoms with E-state index in [9.17, 15) is 71.2 Å². The monoisotopic (exact) mass is 772 g/mol. The molecule has 0 amide bonds. The number of fused-ring (bicyclic) bond motifs is 1. The average Bonchev–Trinajstić information content (AvgIpc) is 3.14. The number of hydrogen-bond acceptors (Lipinski definition) is 21. The first kappa shape index (κ1) is 39.9. The first-order chi connectivity index (χ1) is 25.7. The van der Waals surface area contributed by atoms with Gasteiger partial charge in [0.25, 0.3) is 0 Å². The lowest BCUT2D eigenvalue weighted by Gasteiger charge is -2.48. The Balaban J connectivity index is 1.32. The maximum Gasteiger partial charge on any atom is 0.229 e. The molecule has 0 bridgehead atoms. The highest BCUT2D eigenvalue weighted by Gasteiger charge is 2.54. The van der Waals surface area contributed by atoms with Crippen molar-refractivity contribution in [3.8, 4) is 34.3 Å². The Kier molecular flexibility index (Phi) is 11.9. The molecule has 3 aliphatic rings. The molecular formula is C33H40O21. The second kappa shape index (κ2) is 16.2. The molecular weight excluding hydrogens is 732 g/mol. The van der Waals surface area contributed by atoms with Crippen LogP contribution in [0.3, 0.4) is 0 Å². The third-order valence-electron chi connectivity index (χ3n) is 9.38. The van der Waals surface area contributed by atoms with Crippen molar-refractivity contribution >= 4 is 11.0 Å². The first-order valence-corrected chi connectivity index (χ1v) is 16.5. The molecule has 0 radical (unpaired) electrons. The van der Waals surface area contributed by atoms with E-state index in [1.54, 1.807) is 0 Å². The Morgan fingerprint density at radius 2 is 1.09 bits per heavy atom. The summed E-state index contributed by atoms with van der Waals surface area (Å²) < 4.78 is 39.9. The summed E-state index contributed by atoms with van der Waals surface area (Å²) in [6.45, 7) is -2.59. The summed E-state index contributed by atoms with van der Waals surface area (Å²) in [7, 11) is 0. The van der Waals surface area contributed by atoms with Gasteiger partial charge in [-0.3, -0.25) is 4.79 Å². The molecule has 3 saturated heterocycles. The van der Waals surface area contributed by atoms with Crippen LogP contribution >= 0.6 is 0 Å². The summed E-state index contributed by atoms with van der Waals surface area (Å²) in [4.78, 5) is 13.0. The van der Waals surface area contributed by atoms with Crippen LogP contribution in [0.1, 0.15) is 0 Å². The number of ether oxygens (including phenoxy) is 6. The smallest absolute Gasteiger partial charge is 0.229 e. The van der Waals surface area contributed by atoms with E-state index < -0.39 is 135 Å². The highest BCUT2D eigenvalue weighted by molar-refractivity contribution is 5.86. The van der Waals surface area contributed by atoms with Crippen LogP contribution in [0.2, 0.25) is 0 Å². The van der Waals surface area contributed by atoms with Crippen molar-refractivity contribution in [2.24, 2.45) is 0 Å². The SMILES string of the molecule is O=c1cc(-c2ccc(O)c(O)c2)oc2cc(O[C@@H]3OC(CO)[C@@H](O)[C@H](O)C3O[C@@H]3OC(CO)[C@@H](O)[C@H](O)C3O[C@@H]3OC(CO)[C@@H](O)[C@H](O)C3O)cc(O)c12. The zero-order valence-corrected chi connectivity index (χ0v) is 27.8. The number of benzene rings is 2. The number of aliphatic hydroxyl groups is 10. The van der Waals surface area contributed by atoms with Gasteiger partial charge in [0.1, 0.15) is 95.4 Å². The van der Waals surface area contributed by atoms with E-state index in [1.807, 2.05) is 0 Å². The Labute approximate surface area is 303 Å². The first-order valence-electron chi connectivity index (χ1n) is 16.5. The van der Waals surface area contributed by atoms with Crippen molar-refractivity contribution in [1.29, 1.82) is 0 Å². The fraction of sp³-hybridized carbons (Fsp3) is 0.545. The molecule has 0 spiro atoms. The van der Waals surface area contributed by atoms with Crippen molar-refractivity contribution in [1.82, 2.24) is 0 Å². The molecule has 13 N–H and O–H groups in total. The third kappa shape index (κ3) is 7.58. The summed E-state index contributed by atoms with van der Waals surface area (Å²) in [5, 5.41) is 134. The normalized spacial score (nSPS) is 37.3. The predicted molar refractivity (Wildman–Crippen MR) is 173 cm³/mol. The van der Waals surface area contributed by atoms with Crippen molar-refractivity contribution in [2.45, 2.75) is 92.1 Å². The second-order valence-corrected chi connectivity index (χ2v) is 12.9. The summed E-state index contributed by atoms with van der Waals surface area (Å²) in [5.41, 5.74) is -0.793. The van der Waals surface area contributed by atoms with Gasteiger partial charge in [-0.2, -0.15) is 0 Å². The van der Waals surface area contributed by atoms with Gasteiger partial charge in [0.2, 0.25) is 6.29 Å². The molecule has 21 heteroatoms. The van der Waals surface area contributed by atoms with Gasteiger partial charge in [-0.05, 0) is 18.2 Å². The van der Waals surface area contributed by atoms with Crippen LogP contribution in [-0.2, 0) is 23.7 Å². The molecule has 15 atom stereocenters. The van der Waals surface area contributed by atoms with Crippen LogP contribution in [0.5, 0.6) is 23.0 Å². The van der Waals surface area contributed by atoms with E-state index in [2.05, 4.69) is 0 Å². The van der Waals surface area contributed by atoms with Crippen LogP contribution in [-0.4, -0.2) is 178 Å². The largest absolute Gasteiger partial charge is 0.507 e. The third-order valence-corrected chi connectivity index (χ3v) is 9.38. The van der Waals surface area contributed by atoms with E-state index in [0.717, 1.165) is 30.3 Å². The predicted octanol–water partition coefficient (Wildman–Crippen LogP) is -4.60. The molecule has 2 aromatic carbocycles. The van der Waals surface area contributed by atoms with Crippen molar-refractivity contribution in [2.75, 3.05) is 19.8 Å². The second-order valence-electron chi connectivity index (χ2n) is 12.9. The van der Waals surface area contributed by atoms with Gasteiger partial charge in [0.05, 0.1) is 19.8 Å². The number of phenolic OH excluding ortho intramolecular Hbond substituents is 3. The van der Waals surface area contributed by atoms with E-state index in [4.69, 9.17) is 32.8 Å². The standard InChI is InChI=1S/C33H40O21/c34-7-18-22(41)25(44)28(47)31(50-18)53-30-27(46)24(43)20(9-36)52-33(30)54-29-26(45)23(42)19(8-35)51-32(29)48-11-4-14(39)21-15(40)6-16(49-17(21)5-11)10-1-2-12(37)13(38)3-10/h1-6,18-20,22-39,41-47H,7-9H2/t18?,19?,20?,22-,23-,24-,25+,26+,27+,28?,29?,30?,31+,32-,33+/m1/s1. The molecule has 0 saturated carbocycles. The lowest BCUT2D eigenvalue weighted by atomic mass is 9.96. The molecule has 21 nitrogen and oxygen atoms in total. The molecule has 298 valence electrons. The maximum absolute atomic E-state index is 13.0. The zero-order chi connectivity index (χ0) is 39.2. The highest BCUT2D eigenvalue weighted by Crippen LogP contribution is 2.37. The Morgan fingerprint density at radius 3 is 1.69 bits per heavy atom. The summed E-state index contributed by atoms with van der Waals surface area (Å²) in [6, 6.07) is 6.76. The minimum absolute atomic E-state index is 0.0903. The van der Waals surface area contributed by atoms with Crippen LogP contribution in [0.25, 0.3) is 22.3 Å². The average molecular weight is 773 g/mol. The van der Waals surface area contributed by atoms with Gasteiger partial charge >= 0.3 is 0 Å². The Morgan fingerprint density at radius 1 is 0.556 bits per heavy atom. The number of aliphatic hydroxyl groups excluding tert-OH is 10. The van der Waals surface area contributed by atoms with Gasteiger partial charge in [-0.1, -0.05) is 0 Å². The molecule has 3 aromatic rings. The molecule has 4 heterocycles. The molecule has 3 fully saturated rings. The maximum atomic E-state index is 13.0. The minimum Gasteiger partial charge on any atom is -0.507 e. The fourth-order valence-corrected chi connectivity index (χ4v) is 6.36. The quantitative estimate of drug-likeness (QED) is 0.0862. The van der Waals surface area contributed by atoms with Crippen LogP contribution < -0.4 is 10.2 Å². The van der Waals surface area contributed by atoms with Crippen molar-refractivity contribution < 1.29 is 99.2 Å². The van der Waals surface area contributed by atoms with Gasteiger partial charge < -0.3 is 99.2 Å². The Hall–Kier alpha value is -3.75.